The summed E-state index contributed by atoms with van der Waals surface area (Å²) in [6, 6.07) is 3.95. The van der Waals surface area contributed by atoms with E-state index >= 15 is 0 Å². The van der Waals surface area contributed by atoms with Gasteiger partial charge in [-0.1, -0.05) is 6.07 Å². The van der Waals surface area contributed by atoms with Gasteiger partial charge in [0.05, 0.1) is 4.92 Å². The van der Waals surface area contributed by atoms with Crippen LogP contribution in [-0.4, -0.2) is 17.4 Å². The zero-order valence-corrected chi connectivity index (χ0v) is 9.81. The van der Waals surface area contributed by atoms with Crippen molar-refractivity contribution in [3.05, 3.63) is 45.5 Å². The molecule has 0 aromatic heterocycles. The van der Waals surface area contributed by atoms with Crippen LogP contribution in [0.5, 0.6) is 0 Å². The topological polar surface area (TPSA) is 81.5 Å². The molecule has 0 aliphatic heterocycles. The van der Waals surface area contributed by atoms with E-state index in [4.69, 9.17) is 5.73 Å². The number of non-ortho nitro benzene ring substituents is 1. The molecule has 0 amide bonds. The molecule has 8 heteroatoms. The first-order valence-corrected chi connectivity index (χ1v) is 5.04. The molecule has 1 aromatic carbocycles. The lowest BCUT2D eigenvalue weighted by Gasteiger charge is -2.05. The minimum Gasteiger partial charge on any atom is -0.398 e. The molecule has 0 unspecified atom stereocenters. The SMILES string of the molecule is Cc1ccc([N+](=O)[O-])cc1/C(N)=C/C=N/C(F)(F)F. The molecular formula is C11H10F3N3O2. The van der Waals surface area contributed by atoms with Crippen molar-refractivity contribution in [3.8, 4) is 0 Å². The Kier molecular flexibility index (Phi) is 4.26. The second kappa shape index (κ2) is 5.51. The van der Waals surface area contributed by atoms with Crippen LogP contribution in [0.25, 0.3) is 5.70 Å². The fourth-order valence-corrected chi connectivity index (χ4v) is 1.33. The van der Waals surface area contributed by atoms with Crippen LogP contribution < -0.4 is 5.73 Å². The maximum absolute atomic E-state index is 11.8. The quantitative estimate of drug-likeness (QED) is 0.398. The molecule has 0 fully saturated rings. The first-order chi connectivity index (χ1) is 8.70. The van der Waals surface area contributed by atoms with Crippen molar-refractivity contribution >= 4 is 17.6 Å². The highest BCUT2D eigenvalue weighted by atomic mass is 19.4. The van der Waals surface area contributed by atoms with Crippen LogP contribution in [0.2, 0.25) is 0 Å². The smallest absolute Gasteiger partial charge is 0.398 e. The number of benzene rings is 1. The fraction of sp³-hybridized carbons (Fsp3) is 0.182. The van der Waals surface area contributed by atoms with E-state index in [2.05, 4.69) is 4.99 Å². The summed E-state index contributed by atoms with van der Waals surface area (Å²) in [5, 5.41) is 10.6. The number of nitro benzene ring substituents is 1. The normalized spacial score (nSPS) is 12.9. The first-order valence-electron chi connectivity index (χ1n) is 5.04. The van der Waals surface area contributed by atoms with Gasteiger partial charge in [-0.15, -0.1) is 13.2 Å². The van der Waals surface area contributed by atoms with Gasteiger partial charge in [0.25, 0.3) is 5.69 Å². The van der Waals surface area contributed by atoms with Crippen LogP contribution in [-0.2, 0) is 0 Å². The fourth-order valence-electron chi connectivity index (χ4n) is 1.33. The zero-order chi connectivity index (χ0) is 14.6. The zero-order valence-electron chi connectivity index (χ0n) is 9.81. The lowest BCUT2D eigenvalue weighted by atomic mass is 10.0. The first kappa shape index (κ1) is 14.7. The lowest BCUT2D eigenvalue weighted by molar-refractivity contribution is -0.384. The Morgan fingerprint density at radius 2 is 2.11 bits per heavy atom. The Morgan fingerprint density at radius 1 is 1.47 bits per heavy atom. The molecule has 2 N–H and O–H groups in total. The number of nitro groups is 1. The second-order valence-electron chi connectivity index (χ2n) is 3.62. The van der Waals surface area contributed by atoms with E-state index in [0.29, 0.717) is 17.3 Å². The van der Waals surface area contributed by atoms with Crippen LogP contribution in [0.3, 0.4) is 0 Å². The van der Waals surface area contributed by atoms with Gasteiger partial charge in [-0.3, -0.25) is 10.1 Å². The summed E-state index contributed by atoms with van der Waals surface area (Å²) in [4.78, 5) is 12.3. The molecule has 1 rings (SSSR count). The molecule has 1 aromatic rings. The van der Waals surface area contributed by atoms with Gasteiger partial charge in [-0.05, 0) is 18.6 Å². The molecule has 0 heterocycles. The monoisotopic (exact) mass is 273 g/mol. The lowest BCUT2D eigenvalue weighted by Crippen LogP contribution is -2.03. The number of nitrogens with zero attached hydrogens (tertiary/aromatic N) is 2. The highest BCUT2D eigenvalue weighted by molar-refractivity contribution is 5.84. The van der Waals surface area contributed by atoms with Crippen molar-refractivity contribution in [1.29, 1.82) is 0 Å². The Labute approximate surface area is 106 Å². The molecule has 0 saturated heterocycles. The highest BCUT2D eigenvalue weighted by Crippen LogP contribution is 2.21. The van der Waals surface area contributed by atoms with E-state index in [1.54, 1.807) is 6.92 Å². The molecule has 0 radical (unpaired) electrons. The van der Waals surface area contributed by atoms with E-state index in [-0.39, 0.29) is 11.4 Å². The molecule has 102 valence electrons. The highest BCUT2D eigenvalue weighted by Gasteiger charge is 2.24. The van der Waals surface area contributed by atoms with Crippen LogP contribution in [0.4, 0.5) is 18.9 Å². The van der Waals surface area contributed by atoms with E-state index < -0.39 is 11.2 Å². The van der Waals surface area contributed by atoms with Gasteiger partial charge in [0.2, 0.25) is 0 Å². The van der Waals surface area contributed by atoms with Crippen molar-refractivity contribution < 1.29 is 18.1 Å². The summed E-state index contributed by atoms with van der Waals surface area (Å²) in [5.41, 5.74) is 6.26. The van der Waals surface area contributed by atoms with Gasteiger partial charge in [-0.2, -0.15) is 4.99 Å². The summed E-state index contributed by atoms with van der Waals surface area (Å²) < 4.78 is 35.4. The number of aliphatic imine (C=N–C) groups is 1. The average Bonchev–Trinajstić information content (AvgIpc) is 2.27. The summed E-state index contributed by atoms with van der Waals surface area (Å²) in [6.07, 6.45) is -3.22. The number of aryl methyl sites for hydroxylation is 1. The second-order valence-corrected chi connectivity index (χ2v) is 3.62. The molecule has 0 atom stereocenters. The van der Waals surface area contributed by atoms with Crippen molar-refractivity contribution in [2.75, 3.05) is 0 Å². The number of nitrogens with two attached hydrogens (primary N) is 1. The van der Waals surface area contributed by atoms with Crippen LogP contribution in [0.15, 0.2) is 29.3 Å². The van der Waals surface area contributed by atoms with Crippen LogP contribution in [0.1, 0.15) is 11.1 Å². The minimum atomic E-state index is -4.67. The van der Waals surface area contributed by atoms with Crippen LogP contribution in [0, 0.1) is 17.0 Å². The van der Waals surface area contributed by atoms with Crippen molar-refractivity contribution in [1.82, 2.24) is 0 Å². The Balaban J connectivity index is 3.08. The third-order valence-electron chi connectivity index (χ3n) is 2.22. The Morgan fingerprint density at radius 3 is 2.63 bits per heavy atom. The molecule has 0 saturated carbocycles. The van der Waals surface area contributed by atoms with Gasteiger partial charge in [0.1, 0.15) is 0 Å². The number of rotatable bonds is 3. The van der Waals surface area contributed by atoms with Crippen molar-refractivity contribution in [2.24, 2.45) is 10.7 Å². The predicted molar refractivity (Wildman–Crippen MR) is 64.5 cm³/mol. The molecule has 5 nitrogen and oxygen atoms in total. The maximum Gasteiger partial charge on any atom is 0.503 e. The summed E-state index contributed by atoms with van der Waals surface area (Å²) >= 11 is 0. The minimum absolute atomic E-state index is 0.0331. The van der Waals surface area contributed by atoms with E-state index in [0.717, 1.165) is 6.08 Å². The average molecular weight is 273 g/mol. The number of hydrogen-bond acceptors (Lipinski definition) is 4. The van der Waals surface area contributed by atoms with Gasteiger partial charge in [0, 0.05) is 29.6 Å². The van der Waals surface area contributed by atoms with Gasteiger partial charge >= 0.3 is 6.30 Å². The summed E-state index contributed by atoms with van der Waals surface area (Å²) in [7, 11) is 0. The number of alkyl halides is 3. The molecular weight excluding hydrogens is 263 g/mol. The Bertz CT molecular complexity index is 551. The van der Waals surface area contributed by atoms with Crippen LogP contribution >= 0.6 is 0 Å². The molecule has 0 aliphatic carbocycles. The Hall–Kier alpha value is -2.38. The summed E-state index contributed by atoms with van der Waals surface area (Å²) in [6.45, 7) is 1.64. The third kappa shape index (κ3) is 4.41. The molecule has 0 spiro atoms. The standard InChI is InChI=1S/C11H10F3N3O2/c1-7-2-3-8(17(18)19)6-9(7)10(15)4-5-16-11(12,13)14/h2-6H,15H2,1H3/b10-4-,16-5+. The molecule has 0 aliphatic rings. The van der Waals surface area contributed by atoms with Gasteiger partial charge in [-0.25, -0.2) is 0 Å². The van der Waals surface area contributed by atoms with E-state index in [1.165, 1.54) is 18.2 Å². The molecule has 0 bridgehead atoms. The maximum atomic E-state index is 11.8. The number of allylic oxidation sites excluding steroid dienone is 1. The van der Waals surface area contributed by atoms with E-state index in [9.17, 15) is 23.3 Å². The number of hydrogen-bond donors (Lipinski definition) is 1. The third-order valence-corrected chi connectivity index (χ3v) is 2.22. The van der Waals surface area contributed by atoms with Crippen molar-refractivity contribution in [2.45, 2.75) is 13.2 Å². The predicted octanol–water partition coefficient (Wildman–Crippen LogP) is 2.79. The summed E-state index contributed by atoms with van der Waals surface area (Å²) in [5.74, 6) is 0. The van der Waals surface area contributed by atoms with Gasteiger partial charge < -0.3 is 5.73 Å². The van der Waals surface area contributed by atoms with E-state index in [1.807, 2.05) is 0 Å². The molecule has 19 heavy (non-hydrogen) atoms. The van der Waals surface area contributed by atoms with Gasteiger partial charge in [0.15, 0.2) is 0 Å². The number of halogens is 3. The van der Waals surface area contributed by atoms with Crippen molar-refractivity contribution in [3.63, 3.8) is 0 Å². The largest absolute Gasteiger partial charge is 0.503 e.